The van der Waals surface area contributed by atoms with Crippen molar-refractivity contribution in [2.24, 2.45) is 0 Å². The number of nitrogens with zero attached hydrogens (tertiary/aromatic N) is 1. The fourth-order valence-electron chi connectivity index (χ4n) is 2.35. The van der Waals surface area contributed by atoms with Crippen LogP contribution in [0.2, 0.25) is 0 Å². The van der Waals surface area contributed by atoms with E-state index in [1.54, 1.807) is 6.20 Å². The number of hydrogen-bond donors (Lipinski definition) is 2. The maximum atomic E-state index is 11.7. The Labute approximate surface area is 112 Å². The van der Waals surface area contributed by atoms with E-state index in [0.717, 1.165) is 0 Å². The monoisotopic (exact) mass is 267 g/mol. The highest BCUT2D eigenvalue weighted by Crippen LogP contribution is 2.17. The molecule has 2 rings (SSSR count). The molecule has 1 fully saturated rings. The van der Waals surface area contributed by atoms with Crippen LogP contribution in [-0.2, 0) is 4.79 Å². The SMILES string of the molecule is O=C(CNC1CCCCCCC1)Nc1nccs1. The summed E-state index contributed by atoms with van der Waals surface area (Å²) in [5.41, 5.74) is 0. The second kappa shape index (κ2) is 7.48. The first-order valence-electron chi connectivity index (χ1n) is 6.77. The molecular weight excluding hydrogens is 246 g/mol. The Hall–Kier alpha value is -0.940. The van der Waals surface area contributed by atoms with E-state index in [2.05, 4.69) is 15.6 Å². The summed E-state index contributed by atoms with van der Waals surface area (Å²) in [6, 6.07) is 0.507. The van der Waals surface area contributed by atoms with Crippen molar-refractivity contribution in [3.63, 3.8) is 0 Å². The summed E-state index contributed by atoms with van der Waals surface area (Å²) in [6.07, 6.45) is 10.7. The molecule has 0 spiro atoms. The van der Waals surface area contributed by atoms with Crippen LogP contribution < -0.4 is 10.6 Å². The van der Waals surface area contributed by atoms with Crippen LogP contribution in [0.4, 0.5) is 5.13 Å². The molecule has 0 saturated heterocycles. The van der Waals surface area contributed by atoms with Gasteiger partial charge in [-0.3, -0.25) is 4.79 Å². The summed E-state index contributed by atoms with van der Waals surface area (Å²) < 4.78 is 0. The Kier molecular flexibility index (Phi) is 5.61. The Morgan fingerprint density at radius 1 is 1.28 bits per heavy atom. The van der Waals surface area contributed by atoms with Crippen LogP contribution >= 0.6 is 11.3 Å². The standard InChI is InChI=1S/C13H21N3OS/c17-12(16-13-14-8-9-18-13)10-15-11-6-4-2-1-3-5-7-11/h8-9,11,15H,1-7,10H2,(H,14,16,17). The van der Waals surface area contributed by atoms with E-state index in [-0.39, 0.29) is 5.91 Å². The van der Waals surface area contributed by atoms with Gasteiger partial charge in [0.1, 0.15) is 0 Å². The van der Waals surface area contributed by atoms with Crippen molar-refractivity contribution in [3.05, 3.63) is 11.6 Å². The van der Waals surface area contributed by atoms with Gasteiger partial charge in [-0.1, -0.05) is 32.1 Å². The van der Waals surface area contributed by atoms with E-state index in [1.165, 1.54) is 56.3 Å². The molecule has 0 bridgehead atoms. The Morgan fingerprint density at radius 2 is 2.00 bits per heavy atom. The maximum absolute atomic E-state index is 11.7. The lowest BCUT2D eigenvalue weighted by Gasteiger charge is -2.20. The quantitative estimate of drug-likeness (QED) is 0.882. The molecule has 0 aromatic carbocycles. The molecule has 0 unspecified atom stereocenters. The molecule has 1 aliphatic carbocycles. The second-order valence-electron chi connectivity index (χ2n) is 4.81. The van der Waals surface area contributed by atoms with E-state index >= 15 is 0 Å². The Balaban J connectivity index is 1.67. The molecule has 0 radical (unpaired) electrons. The van der Waals surface area contributed by atoms with Crippen LogP contribution in [-0.4, -0.2) is 23.5 Å². The molecule has 0 atom stereocenters. The summed E-state index contributed by atoms with van der Waals surface area (Å²) in [5, 5.41) is 8.70. The third kappa shape index (κ3) is 4.74. The minimum Gasteiger partial charge on any atom is -0.306 e. The lowest BCUT2D eigenvalue weighted by atomic mass is 9.97. The van der Waals surface area contributed by atoms with Gasteiger partial charge >= 0.3 is 0 Å². The summed E-state index contributed by atoms with van der Waals surface area (Å²) in [4.78, 5) is 15.7. The minimum atomic E-state index is 0.00649. The molecule has 1 aromatic rings. The largest absolute Gasteiger partial charge is 0.306 e. The highest BCUT2D eigenvalue weighted by atomic mass is 32.1. The number of carbonyl (C=O) groups excluding carboxylic acids is 1. The van der Waals surface area contributed by atoms with Crippen LogP contribution in [0.5, 0.6) is 0 Å². The zero-order valence-corrected chi connectivity index (χ0v) is 11.5. The number of aromatic nitrogens is 1. The topological polar surface area (TPSA) is 54.0 Å². The van der Waals surface area contributed by atoms with Gasteiger partial charge in [-0.05, 0) is 12.8 Å². The Morgan fingerprint density at radius 3 is 2.67 bits per heavy atom. The predicted molar refractivity (Wildman–Crippen MR) is 74.9 cm³/mol. The maximum Gasteiger partial charge on any atom is 0.240 e. The normalized spacial score (nSPS) is 18.0. The molecule has 2 N–H and O–H groups in total. The lowest BCUT2D eigenvalue weighted by molar-refractivity contribution is -0.115. The molecule has 1 aliphatic rings. The van der Waals surface area contributed by atoms with Gasteiger partial charge in [-0.15, -0.1) is 11.3 Å². The van der Waals surface area contributed by atoms with Gasteiger partial charge in [0.25, 0.3) is 0 Å². The van der Waals surface area contributed by atoms with E-state index in [9.17, 15) is 4.79 Å². The van der Waals surface area contributed by atoms with Crippen LogP contribution in [0.3, 0.4) is 0 Å². The summed E-state index contributed by atoms with van der Waals surface area (Å²) in [7, 11) is 0. The highest BCUT2D eigenvalue weighted by Gasteiger charge is 2.12. The number of carbonyl (C=O) groups is 1. The van der Waals surface area contributed by atoms with Gasteiger partial charge < -0.3 is 10.6 Å². The average molecular weight is 267 g/mol. The molecule has 0 aliphatic heterocycles. The molecule has 1 heterocycles. The number of thiazole rings is 1. The third-order valence-electron chi connectivity index (χ3n) is 3.34. The van der Waals surface area contributed by atoms with Crippen molar-refractivity contribution < 1.29 is 4.79 Å². The van der Waals surface area contributed by atoms with Gasteiger partial charge in [0.2, 0.25) is 5.91 Å². The molecule has 1 aromatic heterocycles. The lowest BCUT2D eigenvalue weighted by Crippen LogP contribution is -2.36. The molecular formula is C13H21N3OS. The first-order chi connectivity index (χ1) is 8.84. The first-order valence-corrected chi connectivity index (χ1v) is 7.65. The van der Waals surface area contributed by atoms with Crippen molar-refractivity contribution in [2.75, 3.05) is 11.9 Å². The van der Waals surface area contributed by atoms with Crippen LogP contribution in [0.25, 0.3) is 0 Å². The molecule has 100 valence electrons. The first kappa shape index (κ1) is 13.5. The average Bonchev–Trinajstić information content (AvgIpc) is 2.80. The molecule has 18 heavy (non-hydrogen) atoms. The molecule has 1 amide bonds. The van der Waals surface area contributed by atoms with Gasteiger partial charge in [0.05, 0.1) is 6.54 Å². The summed E-state index contributed by atoms with van der Waals surface area (Å²) in [5.74, 6) is 0.00649. The zero-order chi connectivity index (χ0) is 12.6. The van der Waals surface area contributed by atoms with E-state index < -0.39 is 0 Å². The highest BCUT2D eigenvalue weighted by molar-refractivity contribution is 7.13. The zero-order valence-electron chi connectivity index (χ0n) is 10.7. The van der Waals surface area contributed by atoms with Crippen molar-refractivity contribution in [1.29, 1.82) is 0 Å². The van der Waals surface area contributed by atoms with Crippen molar-refractivity contribution in [1.82, 2.24) is 10.3 Å². The summed E-state index contributed by atoms with van der Waals surface area (Å²) >= 11 is 1.45. The third-order valence-corrected chi connectivity index (χ3v) is 4.02. The Bertz CT molecular complexity index is 345. The molecule has 1 saturated carbocycles. The van der Waals surface area contributed by atoms with Crippen LogP contribution in [0.1, 0.15) is 44.9 Å². The van der Waals surface area contributed by atoms with E-state index in [4.69, 9.17) is 0 Å². The van der Waals surface area contributed by atoms with Gasteiger partial charge in [-0.25, -0.2) is 4.98 Å². The van der Waals surface area contributed by atoms with Crippen molar-refractivity contribution >= 4 is 22.4 Å². The fraction of sp³-hybridized carbons (Fsp3) is 0.692. The van der Waals surface area contributed by atoms with Gasteiger partial charge in [0.15, 0.2) is 5.13 Å². The summed E-state index contributed by atoms with van der Waals surface area (Å²) in [6.45, 7) is 0.393. The molecule has 5 heteroatoms. The second-order valence-corrected chi connectivity index (χ2v) is 5.70. The van der Waals surface area contributed by atoms with Crippen molar-refractivity contribution in [2.45, 2.75) is 51.0 Å². The number of anilines is 1. The van der Waals surface area contributed by atoms with E-state index in [1.807, 2.05) is 5.38 Å². The van der Waals surface area contributed by atoms with E-state index in [0.29, 0.717) is 17.7 Å². The van der Waals surface area contributed by atoms with Crippen LogP contribution in [0.15, 0.2) is 11.6 Å². The smallest absolute Gasteiger partial charge is 0.240 e. The number of amides is 1. The van der Waals surface area contributed by atoms with Crippen molar-refractivity contribution in [3.8, 4) is 0 Å². The minimum absolute atomic E-state index is 0.00649. The predicted octanol–water partition coefficient (Wildman–Crippen LogP) is 2.78. The molecule has 4 nitrogen and oxygen atoms in total. The fourth-order valence-corrected chi connectivity index (χ4v) is 2.89. The number of hydrogen-bond acceptors (Lipinski definition) is 4. The number of nitrogens with one attached hydrogen (secondary N) is 2. The van der Waals surface area contributed by atoms with Crippen LogP contribution in [0, 0.1) is 0 Å². The number of rotatable bonds is 4. The van der Waals surface area contributed by atoms with Gasteiger partial charge in [0, 0.05) is 17.6 Å². The van der Waals surface area contributed by atoms with Gasteiger partial charge in [-0.2, -0.15) is 0 Å².